The van der Waals surface area contributed by atoms with Gasteiger partial charge in [0.05, 0.1) is 0 Å². The van der Waals surface area contributed by atoms with Gasteiger partial charge in [-0.05, 0) is 12.2 Å². The van der Waals surface area contributed by atoms with Crippen LogP contribution in [0.1, 0.15) is 28.5 Å². The number of carboxylic acids is 1. The summed E-state index contributed by atoms with van der Waals surface area (Å²) in [6.07, 6.45) is 0.930. The third-order valence-corrected chi connectivity index (χ3v) is 3.42. The molecule has 3 N–H and O–H groups in total. The number of hydrogen-bond acceptors (Lipinski definition) is 5. The molecule has 5 nitrogen and oxygen atoms in total. The maximum atomic E-state index is 10.9. The first-order valence-electron chi connectivity index (χ1n) is 4.26. The fraction of sp³-hybridized carbons (Fsp3) is 0.500. The van der Waals surface area contributed by atoms with E-state index in [0.29, 0.717) is 5.76 Å². The zero-order valence-electron chi connectivity index (χ0n) is 7.40. The zero-order chi connectivity index (χ0) is 10.1. The van der Waals surface area contributed by atoms with Gasteiger partial charge in [0.15, 0.2) is 11.6 Å². The molecule has 0 saturated carbocycles. The van der Waals surface area contributed by atoms with Gasteiger partial charge in [-0.25, -0.2) is 4.79 Å². The Bertz CT molecular complexity index is 357. The van der Waals surface area contributed by atoms with Crippen molar-refractivity contribution in [3.05, 3.63) is 11.3 Å². The van der Waals surface area contributed by atoms with E-state index in [1.54, 1.807) is 11.8 Å². The van der Waals surface area contributed by atoms with Crippen LogP contribution in [0.3, 0.4) is 0 Å². The molecule has 6 heteroatoms. The molecule has 0 radical (unpaired) electrons. The van der Waals surface area contributed by atoms with Gasteiger partial charge in [0.25, 0.3) is 0 Å². The number of aromatic nitrogens is 1. The summed E-state index contributed by atoms with van der Waals surface area (Å²) >= 11 is 1.79. The van der Waals surface area contributed by atoms with Gasteiger partial charge in [0.1, 0.15) is 5.56 Å². The molecule has 1 fully saturated rings. The summed E-state index contributed by atoms with van der Waals surface area (Å²) in [7, 11) is 0. The first-order chi connectivity index (χ1) is 6.70. The summed E-state index contributed by atoms with van der Waals surface area (Å²) in [5.74, 6) is 1.41. The minimum absolute atomic E-state index is 0.0237. The number of anilines is 1. The van der Waals surface area contributed by atoms with E-state index in [1.165, 1.54) is 0 Å². The zero-order valence-corrected chi connectivity index (χ0v) is 8.21. The average Bonchev–Trinajstić information content (AvgIpc) is 2.70. The van der Waals surface area contributed by atoms with Crippen LogP contribution in [0.4, 0.5) is 5.82 Å². The predicted molar refractivity (Wildman–Crippen MR) is 52.6 cm³/mol. The van der Waals surface area contributed by atoms with Gasteiger partial charge in [-0.15, -0.1) is 0 Å². The van der Waals surface area contributed by atoms with Crippen LogP contribution in [0.2, 0.25) is 0 Å². The number of nitrogens with two attached hydrogens (primary N) is 1. The molecule has 0 amide bonds. The van der Waals surface area contributed by atoms with Crippen molar-refractivity contribution in [1.82, 2.24) is 5.16 Å². The normalized spacial score (nSPS) is 21.3. The molecule has 14 heavy (non-hydrogen) atoms. The fourth-order valence-electron chi connectivity index (χ4n) is 1.55. The third kappa shape index (κ3) is 1.45. The van der Waals surface area contributed by atoms with Crippen molar-refractivity contribution in [2.75, 3.05) is 17.2 Å². The Kier molecular flexibility index (Phi) is 2.37. The molecule has 0 aliphatic carbocycles. The van der Waals surface area contributed by atoms with E-state index in [9.17, 15) is 4.79 Å². The number of hydrogen-bond donors (Lipinski definition) is 2. The quantitative estimate of drug-likeness (QED) is 0.768. The number of rotatable bonds is 2. The maximum absolute atomic E-state index is 10.9. The van der Waals surface area contributed by atoms with Crippen LogP contribution in [0.5, 0.6) is 0 Å². The van der Waals surface area contributed by atoms with E-state index in [2.05, 4.69) is 5.16 Å². The van der Waals surface area contributed by atoms with Crippen LogP contribution in [0.15, 0.2) is 4.52 Å². The van der Waals surface area contributed by atoms with Gasteiger partial charge in [-0.1, -0.05) is 5.16 Å². The van der Waals surface area contributed by atoms with Crippen LogP contribution in [0, 0.1) is 0 Å². The molecular weight excluding hydrogens is 204 g/mol. The Morgan fingerprint density at radius 3 is 3.07 bits per heavy atom. The Hall–Kier alpha value is -1.17. The lowest BCUT2D eigenvalue weighted by atomic mass is 10.0. The van der Waals surface area contributed by atoms with Crippen molar-refractivity contribution < 1.29 is 14.4 Å². The molecule has 2 rings (SSSR count). The number of carbonyl (C=O) groups is 1. The van der Waals surface area contributed by atoms with E-state index in [4.69, 9.17) is 15.4 Å². The van der Waals surface area contributed by atoms with Crippen molar-refractivity contribution in [1.29, 1.82) is 0 Å². The van der Waals surface area contributed by atoms with E-state index in [1.807, 2.05) is 0 Å². The topological polar surface area (TPSA) is 89.4 Å². The molecule has 76 valence electrons. The molecule has 0 spiro atoms. The SMILES string of the molecule is Nc1noc(C2CCSC2)c1C(=O)O. The van der Waals surface area contributed by atoms with Gasteiger partial charge in [-0.3, -0.25) is 0 Å². The fourth-order valence-corrected chi connectivity index (χ4v) is 2.77. The molecule has 1 saturated heterocycles. The number of nitrogen functional groups attached to an aromatic ring is 1. The Labute approximate surface area is 84.6 Å². The van der Waals surface area contributed by atoms with Crippen LogP contribution >= 0.6 is 11.8 Å². The van der Waals surface area contributed by atoms with E-state index < -0.39 is 5.97 Å². The highest BCUT2D eigenvalue weighted by Gasteiger charge is 2.29. The van der Waals surface area contributed by atoms with Crippen LogP contribution in [-0.4, -0.2) is 27.7 Å². The molecule has 1 aliphatic heterocycles. The second-order valence-corrected chi connectivity index (χ2v) is 4.32. The first kappa shape index (κ1) is 9.39. The molecular formula is C8H10N2O3S. The van der Waals surface area contributed by atoms with E-state index >= 15 is 0 Å². The monoisotopic (exact) mass is 214 g/mol. The van der Waals surface area contributed by atoms with Crippen molar-refractivity contribution in [2.24, 2.45) is 0 Å². The summed E-state index contributed by atoms with van der Waals surface area (Å²) in [6.45, 7) is 0. The highest BCUT2D eigenvalue weighted by Crippen LogP contribution is 2.35. The Balaban J connectivity index is 2.37. The van der Waals surface area contributed by atoms with Crippen LogP contribution in [0.25, 0.3) is 0 Å². The van der Waals surface area contributed by atoms with Gasteiger partial charge < -0.3 is 15.4 Å². The molecule has 0 aromatic carbocycles. The highest BCUT2D eigenvalue weighted by atomic mass is 32.2. The second kappa shape index (κ2) is 3.53. The van der Waals surface area contributed by atoms with Crippen molar-refractivity contribution >= 4 is 23.5 Å². The largest absolute Gasteiger partial charge is 0.477 e. The molecule has 0 bridgehead atoms. The molecule has 1 atom stereocenters. The minimum Gasteiger partial charge on any atom is -0.477 e. The molecule has 1 unspecified atom stereocenters. The van der Waals surface area contributed by atoms with Gasteiger partial charge in [0, 0.05) is 11.7 Å². The maximum Gasteiger partial charge on any atom is 0.343 e. The average molecular weight is 214 g/mol. The van der Waals surface area contributed by atoms with E-state index in [-0.39, 0.29) is 17.3 Å². The summed E-state index contributed by atoms with van der Waals surface area (Å²) in [5, 5.41) is 12.4. The standard InChI is InChI=1S/C8H10N2O3S/c9-7-5(8(11)12)6(13-10-7)4-1-2-14-3-4/h4H,1-3H2,(H2,9,10)(H,11,12). The van der Waals surface area contributed by atoms with Gasteiger partial charge in [-0.2, -0.15) is 11.8 Å². The number of nitrogens with zero attached hydrogens (tertiary/aromatic N) is 1. The molecule has 1 aliphatic rings. The lowest BCUT2D eigenvalue weighted by molar-refractivity contribution is 0.0694. The third-order valence-electron chi connectivity index (χ3n) is 2.26. The lowest BCUT2D eigenvalue weighted by Crippen LogP contribution is -2.06. The molecule has 1 aromatic rings. The Morgan fingerprint density at radius 2 is 2.50 bits per heavy atom. The van der Waals surface area contributed by atoms with Crippen molar-refractivity contribution in [3.63, 3.8) is 0 Å². The molecule has 1 aromatic heterocycles. The van der Waals surface area contributed by atoms with E-state index in [0.717, 1.165) is 17.9 Å². The summed E-state index contributed by atoms with van der Waals surface area (Å²) in [4.78, 5) is 10.9. The number of aromatic carboxylic acids is 1. The predicted octanol–water partition coefficient (Wildman–Crippen LogP) is 1.18. The first-order valence-corrected chi connectivity index (χ1v) is 5.41. The van der Waals surface area contributed by atoms with Crippen molar-refractivity contribution in [3.8, 4) is 0 Å². The van der Waals surface area contributed by atoms with Gasteiger partial charge in [0.2, 0.25) is 0 Å². The van der Waals surface area contributed by atoms with Crippen molar-refractivity contribution in [2.45, 2.75) is 12.3 Å². The van der Waals surface area contributed by atoms with Crippen LogP contribution < -0.4 is 5.73 Å². The molecule has 2 heterocycles. The number of thioether (sulfide) groups is 1. The second-order valence-electron chi connectivity index (χ2n) is 3.17. The summed E-state index contributed by atoms with van der Waals surface area (Å²) < 4.78 is 4.97. The van der Waals surface area contributed by atoms with Gasteiger partial charge >= 0.3 is 5.97 Å². The number of carboxylic acid groups (broad SMARTS) is 1. The summed E-state index contributed by atoms with van der Waals surface area (Å²) in [6, 6.07) is 0. The Morgan fingerprint density at radius 1 is 1.71 bits per heavy atom. The van der Waals surface area contributed by atoms with Crippen LogP contribution in [-0.2, 0) is 0 Å². The lowest BCUT2D eigenvalue weighted by Gasteiger charge is -2.03. The minimum atomic E-state index is -1.06. The summed E-state index contributed by atoms with van der Waals surface area (Å²) in [5.41, 5.74) is 5.46. The smallest absolute Gasteiger partial charge is 0.343 e. The highest BCUT2D eigenvalue weighted by molar-refractivity contribution is 7.99.